The number of ether oxygens (including phenoxy) is 2. The fraction of sp³-hybridized carbons (Fsp3) is 0.435. The van der Waals surface area contributed by atoms with Crippen molar-refractivity contribution < 1.29 is 9.47 Å². The van der Waals surface area contributed by atoms with Crippen LogP contribution in [0.1, 0.15) is 50.3 Å². The van der Waals surface area contributed by atoms with Gasteiger partial charge in [-0.15, -0.1) is 0 Å². The van der Waals surface area contributed by atoms with Crippen LogP contribution in [0.25, 0.3) is 11.0 Å². The van der Waals surface area contributed by atoms with Crippen LogP contribution in [0.4, 0.5) is 0 Å². The highest BCUT2D eigenvalue weighted by molar-refractivity contribution is 5.76. The van der Waals surface area contributed by atoms with Gasteiger partial charge in [-0.3, -0.25) is 0 Å². The topological polar surface area (TPSA) is 36.3 Å². The summed E-state index contributed by atoms with van der Waals surface area (Å²) in [6.07, 6.45) is 7.53. The highest BCUT2D eigenvalue weighted by Crippen LogP contribution is 2.34. The monoisotopic (exact) mass is 364 g/mol. The van der Waals surface area contributed by atoms with Crippen molar-refractivity contribution in [2.24, 2.45) is 0 Å². The van der Waals surface area contributed by atoms with Crippen LogP contribution in [0.15, 0.2) is 48.5 Å². The van der Waals surface area contributed by atoms with E-state index in [2.05, 4.69) is 28.8 Å². The predicted octanol–water partition coefficient (Wildman–Crippen LogP) is 5.56. The molecule has 0 bridgehead atoms. The normalized spacial score (nSPS) is 15.1. The number of nitrogens with zero attached hydrogens (tertiary/aromatic N) is 2. The van der Waals surface area contributed by atoms with E-state index in [4.69, 9.17) is 14.5 Å². The van der Waals surface area contributed by atoms with Gasteiger partial charge in [-0.1, -0.05) is 31.4 Å². The lowest BCUT2D eigenvalue weighted by atomic mass is 9.88. The van der Waals surface area contributed by atoms with Crippen LogP contribution >= 0.6 is 0 Å². The Kier molecular flexibility index (Phi) is 5.61. The molecule has 0 spiro atoms. The Labute approximate surface area is 161 Å². The Balaban J connectivity index is 1.44. The summed E-state index contributed by atoms with van der Waals surface area (Å²) in [4.78, 5) is 5.00. The standard InChI is InChI=1S/C23H28N2O2/c1-26-19-12-14-20(15-13-19)27-17-7-16-25-22-11-6-5-10-21(22)24-23(25)18-8-3-2-4-9-18/h5-6,10-15,18H,2-4,7-9,16-17H2,1H3. The van der Waals surface area contributed by atoms with Crippen molar-refractivity contribution >= 4 is 11.0 Å². The molecule has 1 fully saturated rings. The SMILES string of the molecule is COc1ccc(OCCCn2c(C3CCCCC3)nc3ccccc32)cc1. The molecule has 0 N–H and O–H groups in total. The first kappa shape index (κ1) is 17.9. The Morgan fingerprint density at radius 2 is 1.70 bits per heavy atom. The number of aryl methyl sites for hydroxylation is 1. The lowest BCUT2D eigenvalue weighted by Crippen LogP contribution is -2.13. The van der Waals surface area contributed by atoms with Crippen molar-refractivity contribution in [3.63, 3.8) is 0 Å². The maximum Gasteiger partial charge on any atom is 0.119 e. The average Bonchev–Trinajstić information content (AvgIpc) is 3.11. The van der Waals surface area contributed by atoms with E-state index < -0.39 is 0 Å². The Morgan fingerprint density at radius 1 is 0.963 bits per heavy atom. The van der Waals surface area contributed by atoms with Gasteiger partial charge >= 0.3 is 0 Å². The zero-order valence-corrected chi connectivity index (χ0v) is 16.1. The van der Waals surface area contributed by atoms with E-state index >= 15 is 0 Å². The minimum absolute atomic E-state index is 0.605. The van der Waals surface area contributed by atoms with Crippen molar-refractivity contribution in [1.29, 1.82) is 0 Å². The third-order valence-corrected chi connectivity index (χ3v) is 5.51. The number of hydrogen-bond acceptors (Lipinski definition) is 3. The molecule has 0 aliphatic heterocycles. The largest absolute Gasteiger partial charge is 0.497 e. The minimum atomic E-state index is 0.605. The van der Waals surface area contributed by atoms with Gasteiger partial charge in [0, 0.05) is 12.5 Å². The molecule has 1 aliphatic carbocycles. The molecule has 0 unspecified atom stereocenters. The molecule has 0 amide bonds. The van der Waals surface area contributed by atoms with E-state index in [1.807, 2.05) is 24.3 Å². The van der Waals surface area contributed by atoms with Crippen molar-refractivity contribution in [3.8, 4) is 11.5 Å². The van der Waals surface area contributed by atoms with Crippen molar-refractivity contribution in [2.75, 3.05) is 13.7 Å². The molecule has 1 heterocycles. The molecule has 142 valence electrons. The van der Waals surface area contributed by atoms with Crippen molar-refractivity contribution in [2.45, 2.75) is 51.0 Å². The van der Waals surface area contributed by atoms with E-state index in [1.165, 1.54) is 43.4 Å². The van der Waals surface area contributed by atoms with Crippen LogP contribution in [0, 0.1) is 0 Å². The van der Waals surface area contributed by atoms with Crippen LogP contribution in [-0.4, -0.2) is 23.3 Å². The molecule has 1 aromatic heterocycles. The molecule has 27 heavy (non-hydrogen) atoms. The smallest absolute Gasteiger partial charge is 0.119 e. The van der Waals surface area contributed by atoms with Gasteiger partial charge in [0.2, 0.25) is 0 Å². The highest BCUT2D eigenvalue weighted by atomic mass is 16.5. The molecule has 1 saturated carbocycles. The maximum absolute atomic E-state index is 5.91. The number of rotatable bonds is 7. The molecule has 0 radical (unpaired) electrons. The number of methoxy groups -OCH3 is 1. The summed E-state index contributed by atoms with van der Waals surface area (Å²) in [7, 11) is 1.68. The summed E-state index contributed by atoms with van der Waals surface area (Å²) in [5.41, 5.74) is 2.37. The molecule has 4 rings (SSSR count). The van der Waals surface area contributed by atoms with Gasteiger partial charge in [-0.05, 0) is 55.7 Å². The van der Waals surface area contributed by atoms with Crippen LogP contribution in [0.2, 0.25) is 0 Å². The summed E-state index contributed by atoms with van der Waals surface area (Å²) in [6.45, 7) is 1.64. The van der Waals surface area contributed by atoms with Gasteiger partial charge in [0.15, 0.2) is 0 Å². The zero-order chi connectivity index (χ0) is 18.5. The second kappa shape index (κ2) is 8.47. The second-order valence-corrected chi connectivity index (χ2v) is 7.32. The van der Waals surface area contributed by atoms with Gasteiger partial charge < -0.3 is 14.0 Å². The highest BCUT2D eigenvalue weighted by Gasteiger charge is 2.22. The molecule has 3 aromatic rings. The Morgan fingerprint density at radius 3 is 2.48 bits per heavy atom. The lowest BCUT2D eigenvalue weighted by molar-refractivity contribution is 0.299. The van der Waals surface area contributed by atoms with Gasteiger partial charge in [0.1, 0.15) is 17.3 Å². The molecule has 2 aromatic carbocycles. The zero-order valence-electron chi connectivity index (χ0n) is 16.1. The number of para-hydroxylation sites is 2. The minimum Gasteiger partial charge on any atom is -0.497 e. The van der Waals surface area contributed by atoms with Gasteiger partial charge in [0.25, 0.3) is 0 Å². The van der Waals surface area contributed by atoms with Crippen molar-refractivity contribution in [3.05, 3.63) is 54.4 Å². The summed E-state index contributed by atoms with van der Waals surface area (Å²) >= 11 is 0. The maximum atomic E-state index is 5.91. The molecule has 0 atom stereocenters. The number of benzene rings is 2. The number of aromatic nitrogens is 2. The Hall–Kier alpha value is -2.49. The molecule has 4 heteroatoms. The first-order chi connectivity index (χ1) is 13.3. The summed E-state index contributed by atoms with van der Waals surface area (Å²) in [5.74, 6) is 3.62. The predicted molar refractivity (Wildman–Crippen MR) is 109 cm³/mol. The van der Waals surface area contributed by atoms with Gasteiger partial charge in [0.05, 0.1) is 24.8 Å². The van der Waals surface area contributed by atoms with Crippen LogP contribution in [0.3, 0.4) is 0 Å². The van der Waals surface area contributed by atoms with E-state index in [9.17, 15) is 0 Å². The van der Waals surface area contributed by atoms with Crippen LogP contribution in [0.5, 0.6) is 11.5 Å². The molecular weight excluding hydrogens is 336 g/mol. The summed E-state index contributed by atoms with van der Waals surface area (Å²) in [5, 5.41) is 0. The average molecular weight is 364 g/mol. The van der Waals surface area contributed by atoms with E-state index in [0.29, 0.717) is 12.5 Å². The number of imidazole rings is 1. The summed E-state index contributed by atoms with van der Waals surface area (Å²) < 4.78 is 13.5. The first-order valence-corrected chi connectivity index (χ1v) is 10.1. The van der Waals surface area contributed by atoms with Gasteiger partial charge in [-0.25, -0.2) is 4.98 Å². The van der Waals surface area contributed by atoms with Gasteiger partial charge in [-0.2, -0.15) is 0 Å². The quantitative estimate of drug-likeness (QED) is 0.515. The molecular formula is C23H28N2O2. The lowest BCUT2D eigenvalue weighted by Gasteiger charge is -2.22. The third-order valence-electron chi connectivity index (χ3n) is 5.51. The third kappa shape index (κ3) is 4.10. The molecule has 0 saturated heterocycles. The fourth-order valence-corrected chi connectivity index (χ4v) is 4.09. The van der Waals surface area contributed by atoms with Crippen LogP contribution in [-0.2, 0) is 6.54 Å². The van der Waals surface area contributed by atoms with Crippen molar-refractivity contribution in [1.82, 2.24) is 9.55 Å². The molecule has 1 aliphatic rings. The summed E-state index contributed by atoms with van der Waals surface area (Å²) in [6, 6.07) is 16.3. The van der Waals surface area contributed by atoms with E-state index in [1.54, 1.807) is 7.11 Å². The second-order valence-electron chi connectivity index (χ2n) is 7.32. The number of hydrogen-bond donors (Lipinski definition) is 0. The van der Waals surface area contributed by atoms with E-state index in [-0.39, 0.29) is 0 Å². The first-order valence-electron chi connectivity index (χ1n) is 10.1. The molecule has 4 nitrogen and oxygen atoms in total. The van der Waals surface area contributed by atoms with Crippen LogP contribution < -0.4 is 9.47 Å². The Bertz CT molecular complexity index is 864. The number of fused-ring (bicyclic) bond motifs is 1. The fourth-order valence-electron chi connectivity index (χ4n) is 4.09. The van der Waals surface area contributed by atoms with E-state index in [0.717, 1.165) is 30.0 Å².